The summed E-state index contributed by atoms with van der Waals surface area (Å²) < 4.78 is 10.9. The first-order valence-corrected chi connectivity index (χ1v) is 7.96. The van der Waals surface area contributed by atoms with Gasteiger partial charge < -0.3 is 14.8 Å². The summed E-state index contributed by atoms with van der Waals surface area (Å²) in [6.07, 6.45) is 5.22. The second kappa shape index (κ2) is 6.69. The molecule has 118 valence electrons. The third-order valence-electron chi connectivity index (χ3n) is 4.86. The molecule has 0 heterocycles. The number of hydrogen-bond acceptors (Lipinski definition) is 3. The summed E-state index contributed by atoms with van der Waals surface area (Å²) in [5.74, 6) is 1.80. The molecule has 1 aliphatic carbocycles. The van der Waals surface area contributed by atoms with E-state index >= 15 is 0 Å². The van der Waals surface area contributed by atoms with Gasteiger partial charge in [-0.15, -0.1) is 0 Å². The molecule has 1 saturated carbocycles. The van der Waals surface area contributed by atoms with Crippen LogP contribution < -0.4 is 14.8 Å². The Morgan fingerprint density at radius 3 is 2.57 bits per heavy atom. The quantitative estimate of drug-likeness (QED) is 0.876. The zero-order chi connectivity index (χ0) is 15.5. The van der Waals surface area contributed by atoms with Crippen LogP contribution in [0.3, 0.4) is 0 Å². The fraction of sp³-hybridized carbons (Fsp3) is 0.667. The Bertz CT molecular complexity index is 470. The molecular formula is C18H29NO2. The average Bonchev–Trinajstić information content (AvgIpc) is 2.48. The summed E-state index contributed by atoms with van der Waals surface area (Å²) in [6, 6.07) is 6.80. The average molecular weight is 291 g/mol. The highest BCUT2D eigenvalue weighted by molar-refractivity contribution is 5.42. The van der Waals surface area contributed by atoms with Gasteiger partial charge in [0.2, 0.25) is 0 Å². The van der Waals surface area contributed by atoms with E-state index in [-0.39, 0.29) is 6.04 Å². The Morgan fingerprint density at radius 1 is 1.19 bits per heavy atom. The van der Waals surface area contributed by atoms with Crippen molar-refractivity contribution in [1.29, 1.82) is 0 Å². The largest absolute Gasteiger partial charge is 0.497 e. The van der Waals surface area contributed by atoms with Crippen molar-refractivity contribution < 1.29 is 9.47 Å². The van der Waals surface area contributed by atoms with Crippen LogP contribution in [0.4, 0.5) is 0 Å². The van der Waals surface area contributed by atoms with Crippen LogP contribution >= 0.6 is 0 Å². The number of methoxy groups -OCH3 is 2. The number of rotatable bonds is 5. The molecule has 0 aliphatic heterocycles. The maximum atomic E-state index is 5.51. The van der Waals surface area contributed by atoms with Crippen molar-refractivity contribution in [2.75, 3.05) is 14.2 Å². The van der Waals surface area contributed by atoms with Crippen LogP contribution in [0, 0.1) is 5.41 Å². The monoisotopic (exact) mass is 291 g/mol. The molecule has 2 unspecified atom stereocenters. The molecule has 3 heteroatoms. The Morgan fingerprint density at radius 2 is 1.95 bits per heavy atom. The highest BCUT2D eigenvalue weighted by Crippen LogP contribution is 2.38. The van der Waals surface area contributed by atoms with Gasteiger partial charge in [0, 0.05) is 17.6 Å². The van der Waals surface area contributed by atoms with Crippen LogP contribution in [-0.4, -0.2) is 20.3 Å². The van der Waals surface area contributed by atoms with Crippen LogP contribution in [0.5, 0.6) is 11.5 Å². The number of benzene rings is 1. The molecule has 0 amide bonds. The lowest BCUT2D eigenvalue weighted by atomic mass is 9.73. The van der Waals surface area contributed by atoms with E-state index in [1.54, 1.807) is 14.2 Å². The molecule has 3 nitrogen and oxygen atoms in total. The lowest BCUT2D eigenvalue weighted by Crippen LogP contribution is -2.45. The zero-order valence-corrected chi connectivity index (χ0v) is 14.0. The van der Waals surface area contributed by atoms with Gasteiger partial charge in [0.15, 0.2) is 0 Å². The van der Waals surface area contributed by atoms with Crippen LogP contribution in [0.25, 0.3) is 0 Å². The van der Waals surface area contributed by atoms with Crippen LogP contribution in [0.15, 0.2) is 18.2 Å². The minimum absolute atomic E-state index is 0.248. The highest BCUT2D eigenvalue weighted by atomic mass is 16.5. The van der Waals surface area contributed by atoms with Gasteiger partial charge in [0.25, 0.3) is 0 Å². The molecule has 1 aliphatic rings. The molecule has 1 aromatic carbocycles. The summed E-state index contributed by atoms with van der Waals surface area (Å²) in [4.78, 5) is 0. The first-order chi connectivity index (χ1) is 9.97. The molecule has 0 aromatic heterocycles. The van der Waals surface area contributed by atoms with E-state index in [4.69, 9.17) is 9.47 Å². The van der Waals surface area contributed by atoms with E-state index in [1.165, 1.54) is 31.2 Å². The fourth-order valence-electron chi connectivity index (χ4n) is 3.37. The summed E-state index contributed by atoms with van der Waals surface area (Å²) in [5, 5.41) is 3.82. The predicted molar refractivity (Wildman–Crippen MR) is 87.1 cm³/mol. The zero-order valence-electron chi connectivity index (χ0n) is 14.0. The van der Waals surface area contributed by atoms with Crippen molar-refractivity contribution in [2.45, 2.75) is 58.5 Å². The lowest BCUT2D eigenvalue weighted by Gasteiger charge is -2.41. The Labute approximate surface area is 129 Å². The van der Waals surface area contributed by atoms with Crippen LogP contribution in [0.1, 0.15) is 58.1 Å². The van der Waals surface area contributed by atoms with Gasteiger partial charge in [-0.25, -0.2) is 0 Å². The van der Waals surface area contributed by atoms with Crippen molar-refractivity contribution in [3.63, 3.8) is 0 Å². The molecule has 0 bridgehead atoms. The van der Waals surface area contributed by atoms with Crippen molar-refractivity contribution in [2.24, 2.45) is 5.41 Å². The molecule has 1 aromatic rings. The molecule has 1 fully saturated rings. The molecule has 2 rings (SSSR count). The Balaban J connectivity index is 2.17. The first kappa shape index (κ1) is 16.2. The van der Waals surface area contributed by atoms with Gasteiger partial charge in [0.05, 0.1) is 14.2 Å². The van der Waals surface area contributed by atoms with Gasteiger partial charge >= 0.3 is 0 Å². The fourth-order valence-corrected chi connectivity index (χ4v) is 3.37. The smallest absolute Gasteiger partial charge is 0.123 e. The number of hydrogen-bond donors (Lipinski definition) is 1. The third-order valence-corrected chi connectivity index (χ3v) is 4.86. The highest BCUT2D eigenvalue weighted by Gasteiger charge is 2.33. The topological polar surface area (TPSA) is 30.5 Å². The first-order valence-electron chi connectivity index (χ1n) is 7.96. The van der Waals surface area contributed by atoms with Gasteiger partial charge in [-0.05, 0) is 43.4 Å². The van der Waals surface area contributed by atoms with E-state index in [1.807, 2.05) is 12.1 Å². The van der Waals surface area contributed by atoms with Gasteiger partial charge in [0.1, 0.15) is 11.5 Å². The Kier molecular flexibility index (Phi) is 5.15. The van der Waals surface area contributed by atoms with Gasteiger partial charge in [-0.3, -0.25) is 0 Å². The van der Waals surface area contributed by atoms with E-state index in [0.29, 0.717) is 11.5 Å². The molecule has 2 atom stereocenters. The van der Waals surface area contributed by atoms with E-state index in [9.17, 15) is 0 Å². The molecule has 0 spiro atoms. The molecule has 0 saturated heterocycles. The standard InChI is InChI=1S/C18H29NO2/c1-13(19-17-8-6-7-11-18(17,2)3)15-12-14(20-4)9-10-16(15)21-5/h9-10,12-13,17,19H,6-8,11H2,1-5H3. The van der Waals surface area contributed by atoms with Crippen molar-refractivity contribution in [1.82, 2.24) is 5.32 Å². The summed E-state index contributed by atoms with van der Waals surface area (Å²) in [7, 11) is 3.43. The van der Waals surface area contributed by atoms with Crippen molar-refractivity contribution >= 4 is 0 Å². The van der Waals surface area contributed by atoms with Gasteiger partial charge in [-0.2, -0.15) is 0 Å². The predicted octanol–water partition coefficient (Wildman–Crippen LogP) is 4.32. The number of nitrogens with one attached hydrogen (secondary N) is 1. The lowest BCUT2D eigenvalue weighted by molar-refractivity contribution is 0.157. The summed E-state index contributed by atoms with van der Waals surface area (Å²) >= 11 is 0. The van der Waals surface area contributed by atoms with Gasteiger partial charge in [-0.1, -0.05) is 26.7 Å². The minimum Gasteiger partial charge on any atom is -0.497 e. The minimum atomic E-state index is 0.248. The van der Waals surface area contributed by atoms with Crippen LogP contribution in [-0.2, 0) is 0 Å². The van der Waals surface area contributed by atoms with Crippen molar-refractivity contribution in [3.8, 4) is 11.5 Å². The van der Waals surface area contributed by atoms with Crippen LogP contribution in [0.2, 0.25) is 0 Å². The van der Waals surface area contributed by atoms with E-state index in [2.05, 4.69) is 32.2 Å². The summed E-state index contributed by atoms with van der Waals surface area (Å²) in [5.41, 5.74) is 1.52. The maximum absolute atomic E-state index is 5.51. The normalized spacial score (nSPS) is 22.6. The summed E-state index contributed by atoms with van der Waals surface area (Å²) in [6.45, 7) is 6.96. The Hall–Kier alpha value is -1.22. The van der Waals surface area contributed by atoms with E-state index in [0.717, 1.165) is 11.5 Å². The molecule has 1 N–H and O–H groups in total. The third kappa shape index (κ3) is 3.70. The molecular weight excluding hydrogens is 262 g/mol. The van der Waals surface area contributed by atoms with Crippen molar-refractivity contribution in [3.05, 3.63) is 23.8 Å². The second-order valence-corrected chi connectivity index (χ2v) is 6.78. The number of ether oxygens (including phenoxy) is 2. The van der Waals surface area contributed by atoms with E-state index < -0.39 is 0 Å². The maximum Gasteiger partial charge on any atom is 0.123 e. The second-order valence-electron chi connectivity index (χ2n) is 6.78. The molecule has 0 radical (unpaired) electrons. The SMILES string of the molecule is COc1ccc(OC)c(C(C)NC2CCCCC2(C)C)c1. The molecule has 21 heavy (non-hydrogen) atoms.